The van der Waals surface area contributed by atoms with Crippen molar-refractivity contribution in [2.75, 3.05) is 47.5 Å². The van der Waals surface area contributed by atoms with Crippen molar-refractivity contribution in [3.05, 3.63) is 36.5 Å². The van der Waals surface area contributed by atoms with E-state index in [-0.39, 0.29) is 32.2 Å². The van der Waals surface area contributed by atoms with E-state index in [2.05, 4.69) is 50.3 Å². The number of carboxylic acid groups (broad SMARTS) is 1. The summed E-state index contributed by atoms with van der Waals surface area (Å²) in [6.45, 7) is 4.59. The number of likely N-dealkylation sites (N-methyl/N-ethyl adjacent to an activating group) is 1. The van der Waals surface area contributed by atoms with Gasteiger partial charge < -0.3 is 33.3 Å². The van der Waals surface area contributed by atoms with E-state index in [4.69, 9.17) is 18.9 Å². The SMILES string of the molecule is CC/C=C\C/C=C\C/C=C\CCCCCCCCCC(=O)OC(COC(=O)CCCCCCCCCCCC)COC(OCC[N+](C)(C)C)C(=O)[O-]. The minimum absolute atomic E-state index is 0.146. The molecule has 0 aliphatic rings. The van der Waals surface area contributed by atoms with Crippen molar-refractivity contribution in [3.8, 4) is 0 Å². The summed E-state index contributed by atoms with van der Waals surface area (Å²) in [6, 6.07) is 0. The molecule has 0 heterocycles. The van der Waals surface area contributed by atoms with Crippen molar-refractivity contribution in [3.63, 3.8) is 0 Å². The predicted molar refractivity (Wildman–Crippen MR) is 209 cm³/mol. The molecule has 0 spiro atoms. The monoisotopic (exact) mass is 736 g/mol. The van der Waals surface area contributed by atoms with E-state index >= 15 is 0 Å². The van der Waals surface area contributed by atoms with Crippen LogP contribution >= 0.6 is 0 Å². The average Bonchev–Trinajstić information content (AvgIpc) is 3.09. The summed E-state index contributed by atoms with van der Waals surface area (Å²) in [5.74, 6) is -2.30. The van der Waals surface area contributed by atoms with E-state index in [1.54, 1.807) is 0 Å². The van der Waals surface area contributed by atoms with Crippen LogP contribution in [0.2, 0.25) is 0 Å². The second kappa shape index (κ2) is 35.5. The lowest BCUT2D eigenvalue weighted by Crippen LogP contribution is -2.44. The summed E-state index contributed by atoms with van der Waals surface area (Å²) in [7, 11) is 5.89. The number of rotatable bonds is 37. The number of nitrogens with zero attached hydrogens (tertiary/aromatic N) is 1. The maximum absolute atomic E-state index is 12.7. The van der Waals surface area contributed by atoms with Gasteiger partial charge in [0.2, 0.25) is 0 Å². The van der Waals surface area contributed by atoms with Gasteiger partial charge in [-0.1, -0.05) is 140 Å². The molecule has 9 heteroatoms. The Bertz CT molecular complexity index is 955. The van der Waals surface area contributed by atoms with Crippen LogP contribution in [0.3, 0.4) is 0 Å². The number of allylic oxidation sites excluding steroid dienone is 6. The summed E-state index contributed by atoms with van der Waals surface area (Å²) in [6.07, 6.45) is 34.6. The zero-order chi connectivity index (χ0) is 38.5. The first kappa shape index (κ1) is 49.5. The number of hydrogen-bond donors (Lipinski definition) is 0. The first-order valence-corrected chi connectivity index (χ1v) is 20.6. The van der Waals surface area contributed by atoms with E-state index in [0.717, 1.165) is 64.2 Å². The van der Waals surface area contributed by atoms with Crippen molar-refractivity contribution in [2.45, 2.75) is 174 Å². The van der Waals surface area contributed by atoms with Crippen LogP contribution in [0.15, 0.2) is 36.5 Å². The largest absolute Gasteiger partial charge is 0.545 e. The van der Waals surface area contributed by atoms with E-state index in [1.165, 1.54) is 64.2 Å². The Labute approximate surface area is 318 Å². The fraction of sp³-hybridized carbons (Fsp3) is 0.791. The molecule has 0 amide bonds. The molecule has 0 aliphatic carbocycles. The summed E-state index contributed by atoms with van der Waals surface area (Å²) in [5, 5.41) is 11.6. The highest BCUT2D eigenvalue weighted by Crippen LogP contribution is 2.14. The third-order valence-electron chi connectivity index (χ3n) is 8.65. The van der Waals surface area contributed by atoms with Crippen LogP contribution in [0.1, 0.15) is 162 Å². The van der Waals surface area contributed by atoms with Gasteiger partial charge in [0.1, 0.15) is 13.2 Å². The molecule has 0 aromatic heterocycles. The number of esters is 2. The molecule has 0 aliphatic heterocycles. The molecule has 2 atom stereocenters. The molecule has 0 bridgehead atoms. The first-order chi connectivity index (χ1) is 25.1. The van der Waals surface area contributed by atoms with E-state index < -0.39 is 24.3 Å². The number of carboxylic acids is 1. The Hall–Kier alpha value is -2.49. The van der Waals surface area contributed by atoms with Gasteiger partial charge in [-0.25, -0.2) is 0 Å². The lowest BCUT2D eigenvalue weighted by Gasteiger charge is -2.26. The van der Waals surface area contributed by atoms with Gasteiger partial charge in [-0.3, -0.25) is 9.59 Å². The molecule has 0 aromatic carbocycles. The second-order valence-electron chi connectivity index (χ2n) is 14.9. The number of aliphatic carboxylic acids is 1. The highest BCUT2D eigenvalue weighted by molar-refractivity contribution is 5.70. The van der Waals surface area contributed by atoms with Crippen LogP contribution in [0.5, 0.6) is 0 Å². The summed E-state index contributed by atoms with van der Waals surface area (Å²) < 4.78 is 22.5. The van der Waals surface area contributed by atoms with Crippen LogP contribution < -0.4 is 5.11 Å². The minimum Gasteiger partial charge on any atom is -0.545 e. The fourth-order valence-electron chi connectivity index (χ4n) is 5.43. The Morgan fingerprint density at radius 3 is 1.63 bits per heavy atom. The lowest BCUT2D eigenvalue weighted by atomic mass is 10.1. The molecule has 0 saturated carbocycles. The van der Waals surface area contributed by atoms with Crippen molar-refractivity contribution in [2.24, 2.45) is 0 Å². The molecule has 52 heavy (non-hydrogen) atoms. The van der Waals surface area contributed by atoms with Crippen LogP contribution in [0.25, 0.3) is 0 Å². The third-order valence-corrected chi connectivity index (χ3v) is 8.65. The van der Waals surface area contributed by atoms with Crippen molar-refractivity contribution in [1.82, 2.24) is 0 Å². The minimum atomic E-state index is -1.62. The number of carbonyl (C=O) groups excluding carboxylic acids is 3. The quantitative estimate of drug-likeness (QED) is 0.0205. The number of carbonyl (C=O) groups is 3. The highest BCUT2D eigenvalue weighted by Gasteiger charge is 2.21. The molecule has 0 aromatic rings. The van der Waals surface area contributed by atoms with Crippen molar-refractivity contribution >= 4 is 17.9 Å². The van der Waals surface area contributed by atoms with Crippen LogP contribution in [0.4, 0.5) is 0 Å². The van der Waals surface area contributed by atoms with Gasteiger partial charge in [0.05, 0.1) is 40.3 Å². The predicted octanol–water partition coefficient (Wildman–Crippen LogP) is 8.94. The third kappa shape index (κ3) is 35.9. The molecule has 0 saturated heterocycles. The molecule has 9 nitrogen and oxygen atoms in total. The highest BCUT2D eigenvalue weighted by atomic mass is 16.7. The fourth-order valence-corrected chi connectivity index (χ4v) is 5.43. The normalized spacial score (nSPS) is 13.3. The van der Waals surface area contributed by atoms with Crippen LogP contribution in [-0.4, -0.2) is 82.3 Å². The zero-order valence-corrected chi connectivity index (χ0v) is 33.9. The first-order valence-electron chi connectivity index (χ1n) is 20.6. The average molecular weight is 736 g/mol. The van der Waals surface area contributed by atoms with Gasteiger partial charge in [0.25, 0.3) is 0 Å². The lowest BCUT2D eigenvalue weighted by molar-refractivity contribution is -0.870. The zero-order valence-electron chi connectivity index (χ0n) is 33.9. The molecule has 0 rings (SSSR count). The number of ether oxygens (including phenoxy) is 4. The van der Waals surface area contributed by atoms with Crippen LogP contribution in [-0.2, 0) is 33.3 Å². The standard InChI is InChI=1S/C43H77NO8/c1-6-8-10-12-14-16-18-19-20-21-22-23-24-26-28-30-32-34-41(46)52-39(38-51-43(42(47)48)49-36-35-44(3,4)5)37-50-40(45)33-31-29-27-25-17-15-13-11-9-7-2/h8,10,14,16,19-20,39,43H,6-7,9,11-13,15,17-18,21-38H2,1-5H3/b10-8-,16-14-,20-19-. The number of unbranched alkanes of at least 4 members (excludes halogenated alkanes) is 16. The summed E-state index contributed by atoms with van der Waals surface area (Å²) in [5.41, 5.74) is 0. The topological polar surface area (TPSA) is 111 Å². The van der Waals surface area contributed by atoms with Gasteiger partial charge in [-0.2, -0.15) is 0 Å². The Kier molecular flexibility index (Phi) is 33.8. The van der Waals surface area contributed by atoms with Gasteiger partial charge in [-0.05, 0) is 44.9 Å². The molecule has 2 unspecified atom stereocenters. The van der Waals surface area contributed by atoms with Crippen molar-refractivity contribution < 1.29 is 42.9 Å². The maximum Gasteiger partial charge on any atom is 0.306 e. The Morgan fingerprint density at radius 1 is 0.596 bits per heavy atom. The van der Waals surface area contributed by atoms with Gasteiger partial charge >= 0.3 is 11.9 Å². The smallest absolute Gasteiger partial charge is 0.306 e. The van der Waals surface area contributed by atoms with E-state index in [9.17, 15) is 19.5 Å². The molecule has 302 valence electrons. The van der Waals surface area contributed by atoms with Gasteiger partial charge in [0.15, 0.2) is 12.4 Å². The number of hydrogen-bond acceptors (Lipinski definition) is 8. The van der Waals surface area contributed by atoms with Crippen molar-refractivity contribution in [1.29, 1.82) is 0 Å². The maximum atomic E-state index is 12.7. The summed E-state index contributed by atoms with van der Waals surface area (Å²) in [4.78, 5) is 36.8. The summed E-state index contributed by atoms with van der Waals surface area (Å²) >= 11 is 0. The van der Waals surface area contributed by atoms with Crippen LogP contribution in [0, 0.1) is 0 Å². The van der Waals surface area contributed by atoms with E-state index in [0.29, 0.717) is 23.9 Å². The van der Waals surface area contributed by atoms with E-state index in [1.807, 2.05) is 21.1 Å². The molecular formula is C43H77NO8. The Morgan fingerprint density at radius 2 is 1.10 bits per heavy atom. The van der Waals surface area contributed by atoms with Gasteiger partial charge in [-0.15, -0.1) is 0 Å². The molecule has 0 N–H and O–H groups in total. The van der Waals surface area contributed by atoms with Gasteiger partial charge in [0, 0.05) is 12.8 Å². The molecule has 0 fully saturated rings. The Balaban J connectivity index is 4.48. The number of quaternary nitrogens is 1. The second-order valence-corrected chi connectivity index (χ2v) is 14.9. The molecular weight excluding hydrogens is 658 g/mol. The molecule has 0 radical (unpaired) electrons.